The minimum absolute atomic E-state index is 0.0709. The summed E-state index contributed by atoms with van der Waals surface area (Å²) in [5.41, 5.74) is 8.81. The normalized spacial score (nSPS) is 17.4. The number of aryl methyl sites for hydroxylation is 1. The molecule has 0 aliphatic carbocycles. The predicted molar refractivity (Wildman–Crippen MR) is 83.7 cm³/mol. The summed E-state index contributed by atoms with van der Waals surface area (Å²) in [6, 6.07) is 11.6. The molecular weight excluding hydrogens is 293 g/mol. The lowest BCUT2D eigenvalue weighted by Gasteiger charge is -2.27. The Labute approximate surface area is 128 Å². The van der Waals surface area contributed by atoms with E-state index in [2.05, 4.69) is 6.07 Å². The van der Waals surface area contributed by atoms with Crippen LogP contribution in [0, 0.1) is 0 Å². The van der Waals surface area contributed by atoms with Crippen molar-refractivity contribution in [2.75, 3.05) is 6.54 Å². The minimum atomic E-state index is 0.0709. The Morgan fingerprint density at radius 3 is 2.80 bits per heavy atom. The first kappa shape index (κ1) is 13.7. The summed E-state index contributed by atoms with van der Waals surface area (Å²) >= 11 is 12.4. The molecule has 0 bridgehead atoms. The fourth-order valence-electron chi connectivity index (χ4n) is 2.54. The number of benzene rings is 2. The summed E-state index contributed by atoms with van der Waals surface area (Å²) in [6.45, 7) is 0.525. The van der Waals surface area contributed by atoms with Crippen molar-refractivity contribution in [2.24, 2.45) is 5.73 Å². The molecule has 0 unspecified atom stereocenters. The van der Waals surface area contributed by atoms with Gasteiger partial charge in [-0.3, -0.25) is 0 Å². The number of halogens is 2. The van der Waals surface area contributed by atoms with Gasteiger partial charge in [0.05, 0.1) is 0 Å². The highest BCUT2D eigenvalue weighted by Gasteiger charge is 2.22. The van der Waals surface area contributed by atoms with Gasteiger partial charge in [0.25, 0.3) is 0 Å². The second kappa shape index (κ2) is 5.65. The van der Waals surface area contributed by atoms with E-state index < -0.39 is 0 Å². The highest BCUT2D eigenvalue weighted by Crippen LogP contribution is 2.41. The molecule has 2 aromatic rings. The van der Waals surface area contributed by atoms with Crippen LogP contribution in [-0.4, -0.2) is 12.6 Å². The molecule has 2 aromatic carbocycles. The molecule has 0 saturated heterocycles. The lowest BCUT2D eigenvalue weighted by atomic mass is 9.95. The molecule has 1 aliphatic heterocycles. The van der Waals surface area contributed by atoms with Gasteiger partial charge in [-0.05, 0) is 36.6 Å². The zero-order valence-electron chi connectivity index (χ0n) is 10.9. The third-order valence-corrected chi connectivity index (χ3v) is 4.16. The molecule has 0 aromatic heterocycles. The van der Waals surface area contributed by atoms with Gasteiger partial charge in [-0.1, -0.05) is 41.4 Å². The molecule has 1 aliphatic rings. The number of para-hydroxylation sites is 1. The Hall–Kier alpha value is -1.22. The van der Waals surface area contributed by atoms with Crippen LogP contribution in [0.2, 0.25) is 10.0 Å². The van der Waals surface area contributed by atoms with Gasteiger partial charge in [-0.25, -0.2) is 0 Å². The van der Waals surface area contributed by atoms with Crippen molar-refractivity contribution in [1.82, 2.24) is 0 Å². The van der Waals surface area contributed by atoms with Crippen molar-refractivity contribution >= 4 is 23.2 Å². The Morgan fingerprint density at radius 2 is 2.00 bits per heavy atom. The summed E-state index contributed by atoms with van der Waals surface area (Å²) in [7, 11) is 0. The number of hydrogen-bond acceptors (Lipinski definition) is 2. The first-order valence-electron chi connectivity index (χ1n) is 6.63. The number of fused-ring (bicyclic) bond motifs is 1. The topological polar surface area (TPSA) is 35.2 Å². The Bertz CT molecular complexity index is 642. The van der Waals surface area contributed by atoms with E-state index in [0.717, 1.165) is 29.7 Å². The predicted octanol–water partition coefficient (Wildman–Crippen LogP) is 4.31. The van der Waals surface area contributed by atoms with E-state index in [9.17, 15) is 0 Å². The van der Waals surface area contributed by atoms with E-state index in [-0.39, 0.29) is 6.10 Å². The number of rotatable bonds is 2. The molecule has 2 N–H and O–H groups in total. The van der Waals surface area contributed by atoms with Gasteiger partial charge in [-0.2, -0.15) is 0 Å². The van der Waals surface area contributed by atoms with Crippen molar-refractivity contribution < 1.29 is 4.74 Å². The lowest BCUT2D eigenvalue weighted by molar-refractivity contribution is 0.182. The third kappa shape index (κ3) is 2.51. The molecule has 4 heteroatoms. The van der Waals surface area contributed by atoms with E-state index in [1.807, 2.05) is 24.3 Å². The molecule has 104 valence electrons. The Kier molecular flexibility index (Phi) is 3.88. The second-order valence-electron chi connectivity index (χ2n) is 4.93. The molecule has 3 rings (SSSR count). The van der Waals surface area contributed by atoms with Crippen molar-refractivity contribution in [2.45, 2.75) is 18.9 Å². The monoisotopic (exact) mass is 307 g/mol. The molecule has 1 heterocycles. The summed E-state index contributed by atoms with van der Waals surface area (Å²) in [4.78, 5) is 0. The summed E-state index contributed by atoms with van der Waals surface area (Å²) < 4.78 is 6.03. The third-order valence-electron chi connectivity index (χ3n) is 3.60. The van der Waals surface area contributed by atoms with Crippen molar-refractivity contribution in [3.8, 4) is 16.9 Å². The van der Waals surface area contributed by atoms with Crippen LogP contribution in [0.15, 0.2) is 36.4 Å². The largest absolute Gasteiger partial charge is 0.488 e. The van der Waals surface area contributed by atoms with E-state index >= 15 is 0 Å². The highest BCUT2D eigenvalue weighted by atomic mass is 35.5. The standard InChI is InChI=1S/C16H15Cl2NO/c17-11-5-7-15(18)14(8-11)13-3-1-2-10-4-6-12(9-19)20-16(10)13/h1-3,5,7-8,12H,4,6,9,19H2/t12-/m0/s1. The Balaban J connectivity index is 2.13. The highest BCUT2D eigenvalue weighted by molar-refractivity contribution is 6.35. The number of ether oxygens (including phenoxy) is 1. The van der Waals surface area contributed by atoms with Gasteiger partial charge in [0, 0.05) is 27.7 Å². The summed E-state index contributed by atoms with van der Waals surface area (Å²) in [5.74, 6) is 0.887. The van der Waals surface area contributed by atoms with E-state index in [1.165, 1.54) is 5.56 Å². The smallest absolute Gasteiger partial charge is 0.130 e. The minimum Gasteiger partial charge on any atom is -0.488 e. The van der Waals surface area contributed by atoms with Gasteiger partial charge in [-0.15, -0.1) is 0 Å². The lowest BCUT2D eigenvalue weighted by Crippen LogP contribution is -2.30. The molecule has 0 radical (unpaired) electrons. The SMILES string of the molecule is NC[C@@H]1CCc2cccc(-c3cc(Cl)ccc3Cl)c2O1. The average molecular weight is 308 g/mol. The van der Waals surface area contributed by atoms with Crippen LogP contribution in [0.4, 0.5) is 0 Å². The van der Waals surface area contributed by atoms with Gasteiger partial charge in [0.1, 0.15) is 11.9 Å². The van der Waals surface area contributed by atoms with Gasteiger partial charge in [0.15, 0.2) is 0 Å². The van der Waals surface area contributed by atoms with Crippen LogP contribution in [0.3, 0.4) is 0 Å². The van der Waals surface area contributed by atoms with E-state index in [0.29, 0.717) is 16.6 Å². The maximum Gasteiger partial charge on any atom is 0.130 e. The van der Waals surface area contributed by atoms with Crippen molar-refractivity contribution in [1.29, 1.82) is 0 Å². The Morgan fingerprint density at radius 1 is 1.15 bits per heavy atom. The molecule has 1 atom stereocenters. The maximum absolute atomic E-state index is 6.30. The summed E-state index contributed by atoms with van der Waals surface area (Å²) in [6.07, 6.45) is 2.00. The van der Waals surface area contributed by atoms with Crippen LogP contribution in [0.1, 0.15) is 12.0 Å². The van der Waals surface area contributed by atoms with Crippen molar-refractivity contribution in [3.05, 3.63) is 52.0 Å². The maximum atomic E-state index is 6.30. The van der Waals surface area contributed by atoms with E-state index in [4.69, 9.17) is 33.7 Å². The quantitative estimate of drug-likeness (QED) is 0.897. The molecule has 20 heavy (non-hydrogen) atoms. The number of hydrogen-bond donors (Lipinski definition) is 1. The molecule has 0 fully saturated rings. The van der Waals surface area contributed by atoms with Crippen LogP contribution >= 0.6 is 23.2 Å². The van der Waals surface area contributed by atoms with Crippen LogP contribution in [0.5, 0.6) is 5.75 Å². The van der Waals surface area contributed by atoms with Gasteiger partial charge in [0.2, 0.25) is 0 Å². The van der Waals surface area contributed by atoms with Crippen molar-refractivity contribution in [3.63, 3.8) is 0 Å². The zero-order valence-corrected chi connectivity index (χ0v) is 12.4. The summed E-state index contributed by atoms with van der Waals surface area (Å²) in [5, 5.41) is 1.33. The first-order chi connectivity index (χ1) is 9.69. The van der Waals surface area contributed by atoms with Crippen LogP contribution < -0.4 is 10.5 Å². The van der Waals surface area contributed by atoms with Crippen LogP contribution in [-0.2, 0) is 6.42 Å². The van der Waals surface area contributed by atoms with Crippen LogP contribution in [0.25, 0.3) is 11.1 Å². The van der Waals surface area contributed by atoms with Gasteiger partial charge >= 0.3 is 0 Å². The molecule has 2 nitrogen and oxygen atoms in total. The zero-order chi connectivity index (χ0) is 14.1. The number of nitrogens with two attached hydrogens (primary N) is 1. The molecule has 0 spiro atoms. The second-order valence-corrected chi connectivity index (χ2v) is 5.78. The fourth-order valence-corrected chi connectivity index (χ4v) is 2.94. The fraction of sp³-hybridized carbons (Fsp3) is 0.250. The molecular formula is C16H15Cl2NO. The average Bonchev–Trinajstić information content (AvgIpc) is 2.48. The van der Waals surface area contributed by atoms with E-state index in [1.54, 1.807) is 6.07 Å². The van der Waals surface area contributed by atoms with Gasteiger partial charge < -0.3 is 10.5 Å². The first-order valence-corrected chi connectivity index (χ1v) is 7.38. The molecule has 0 amide bonds. The molecule has 0 saturated carbocycles.